The lowest BCUT2D eigenvalue weighted by atomic mass is 10.1. The summed E-state index contributed by atoms with van der Waals surface area (Å²) >= 11 is 0. The van der Waals surface area contributed by atoms with Crippen LogP contribution in [0.5, 0.6) is 0 Å². The molecule has 1 fully saturated rings. The van der Waals surface area contributed by atoms with Crippen LogP contribution >= 0.6 is 0 Å². The molecule has 6 heteroatoms. The van der Waals surface area contributed by atoms with Gasteiger partial charge in [-0.25, -0.2) is 0 Å². The molecular formula is C15H21N3O3. The van der Waals surface area contributed by atoms with Gasteiger partial charge in [0.05, 0.1) is 5.92 Å². The van der Waals surface area contributed by atoms with Crippen molar-refractivity contribution in [3.8, 4) is 0 Å². The summed E-state index contributed by atoms with van der Waals surface area (Å²) in [6, 6.07) is 3.29. The second-order valence-corrected chi connectivity index (χ2v) is 6.45. The van der Waals surface area contributed by atoms with Gasteiger partial charge in [0.2, 0.25) is 11.8 Å². The molecule has 0 radical (unpaired) electrons. The quantitative estimate of drug-likeness (QED) is 0.861. The Hall–Kier alpha value is -2.11. The first-order valence-electron chi connectivity index (χ1n) is 7.00. The highest BCUT2D eigenvalue weighted by atomic mass is 16.2. The van der Waals surface area contributed by atoms with Crippen LogP contribution in [-0.4, -0.2) is 33.8 Å². The Morgan fingerprint density at radius 1 is 1.33 bits per heavy atom. The molecule has 114 valence electrons. The van der Waals surface area contributed by atoms with Gasteiger partial charge in [-0.3, -0.25) is 14.4 Å². The molecule has 1 saturated heterocycles. The SMILES string of the molecule is Cc1ccc(NC(=O)C2CC(=O)N(C(C)(C)C)C2)c(=O)[nH]1. The maximum absolute atomic E-state index is 12.2. The van der Waals surface area contributed by atoms with Crippen LogP contribution in [0.1, 0.15) is 32.9 Å². The fourth-order valence-electron chi connectivity index (χ4n) is 2.44. The van der Waals surface area contributed by atoms with Gasteiger partial charge in [-0.2, -0.15) is 0 Å². The zero-order chi connectivity index (χ0) is 15.8. The molecule has 0 aromatic carbocycles. The van der Waals surface area contributed by atoms with Crippen molar-refractivity contribution < 1.29 is 9.59 Å². The van der Waals surface area contributed by atoms with E-state index >= 15 is 0 Å². The van der Waals surface area contributed by atoms with Gasteiger partial charge in [-0.15, -0.1) is 0 Å². The second kappa shape index (κ2) is 5.35. The molecule has 2 rings (SSSR count). The number of anilines is 1. The first-order valence-corrected chi connectivity index (χ1v) is 7.00. The monoisotopic (exact) mass is 291 g/mol. The molecule has 1 atom stereocenters. The van der Waals surface area contributed by atoms with Gasteiger partial charge in [0.1, 0.15) is 5.69 Å². The van der Waals surface area contributed by atoms with Gasteiger partial charge in [0.25, 0.3) is 5.56 Å². The highest BCUT2D eigenvalue weighted by molar-refractivity contribution is 5.97. The van der Waals surface area contributed by atoms with Gasteiger partial charge in [0, 0.05) is 24.2 Å². The number of nitrogens with one attached hydrogen (secondary N) is 2. The highest BCUT2D eigenvalue weighted by Crippen LogP contribution is 2.26. The van der Waals surface area contributed by atoms with E-state index in [-0.39, 0.29) is 35.0 Å². The van der Waals surface area contributed by atoms with Crippen LogP contribution in [0, 0.1) is 12.8 Å². The topological polar surface area (TPSA) is 82.3 Å². The van der Waals surface area contributed by atoms with Crippen LogP contribution < -0.4 is 10.9 Å². The maximum atomic E-state index is 12.2. The number of aryl methyl sites for hydroxylation is 1. The first kappa shape index (κ1) is 15.3. The number of amides is 2. The van der Waals surface area contributed by atoms with Crippen LogP contribution in [-0.2, 0) is 9.59 Å². The number of hydrogen-bond acceptors (Lipinski definition) is 3. The van der Waals surface area contributed by atoms with E-state index in [9.17, 15) is 14.4 Å². The third-order valence-corrected chi connectivity index (χ3v) is 3.62. The minimum Gasteiger partial charge on any atom is -0.337 e. The zero-order valence-corrected chi connectivity index (χ0v) is 12.8. The molecule has 2 heterocycles. The average Bonchev–Trinajstić information content (AvgIpc) is 2.75. The summed E-state index contributed by atoms with van der Waals surface area (Å²) in [7, 11) is 0. The maximum Gasteiger partial charge on any atom is 0.271 e. The molecule has 1 aromatic rings. The molecule has 0 aliphatic carbocycles. The van der Waals surface area contributed by atoms with E-state index in [0.717, 1.165) is 5.69 Å². The lowest BCUT2D eigenvalue weighted by molar-refractivity contribution is -0.131. The van der Waals surface area contributed by atoms with E-state index in [1.54, 1.807) is 24.0 Å². The predicted octanol–water partition coefficient (Wildman–Crippen LogP) is 1.27. The van der Waals surface area contributed by atoms with Crippen molar-refractivity contribution in [3.63, 3.8) is 0 Å². The Morgan fingerprint density at radius 3 is 2.52 bits per heavy atom. The number of rotatable bonds is 2. The van der Waals surface area contributed by atoms with E-state index in [1.165, 1.54) is 0 Å². The van der Waals surface area contributed by atoms with E-state index < -0.39 is 5.92 Å². The number of carbonyl (C=O) groups excluding carboxylic acids is 2. The Kier molecular flexibility index (Phi) is 3.89. The van der Waals surface area contributed by atoms with Crippen molar-refractivity contribution in [2.24, 2.45) is 5.92 Å². The minimum atomic E-state index is -0.419. The molecule has 1 unspecified atom stereocenters. The van der Waals surface area contributed by atoms with E-state index in [4.69, 9.17) is 0 Å². The van der Waals surface area contributed by atoms with E-state index in [1.807, 2.05) is 20.8 Å². The molecule has 0 saturated carbocycles. The number of carbonyl (C=O) groups is 2. The summed E-state index contributed by atoms with van der Waals surface area (Å²) in [5.74, 6) is -0.734. The van der Waals surface area contributed by atoms with Crippen LogP contribution in [0.25, 0.3) is 0 Å². The summed E-state index contributed by atoms with van der Waals surface area (Å²) in [6.07, 6.45) is 0.187. The van der Waals surface area contributed by atoms with Crippen molar-refractivity contribution in [2.75, 3.05) is 11.9 Å². The van der Waals surface area contributed by atoms with Gasteiger partial charge in [-0.1, -0.05) is 0 Å². The van der Waals surface area contributed by atoms with Crippen molar-refractivity contribution >= 4 is 17.5 Å². The predicted molar refractivity (Wildman–Crippen MR) is 80.0 cm³/mol. The van der Waals surface area contributed by atoms with Crippen LogP contribution in [0.4, 0.5) is 5.69 Å². The molecule has 2 N–H and O–H groups in total. The lowest BCUT2D eigenvalue weighted by Crippen LogP contribution is -2.42. The molecule has 1 aliphatic heterocycles. The average molecular weight is 291 g/mol. The van der Waals surface area contributed by atoms with Gasteiger partial charge in [-0.05, 0) is 39.8 Å². The number of H-pyrrole nitrogens is 1. The number of pyridine rings is 1. The fourth-order valence-corrected chi connectivity index (χ4v) is 2.44. The van der Waals surface area contributed by atoms with E-state index in [2.05, 4.69) is 10.3 Å². The first-order chi connectivity index (χ1) is 9.68. The van der Waals surface area contributed by atoms with Gasteiger partial charge in [0.15, 0.2) is 0 Å². The fraction of sp³-hybridized carbons (Fsp3) is 0.533. The summed E-state index contributed by atoms with van der Waals surface area (Å²) in [4.78, 5) is 40.3. The second-order valence-electron chi connectivity index (χ2n) is 6.45. The number of aromatic amines is 1. The van der Waals surface area contributed by atoms with E-state index in [0.29, 0.717) is 6.54 Å². The molecule has 6 nitrogen and oxygen atoms in total. The zero-order valence-electron chi connectivity index (χ0n) is 12.8. The number of aromatic nitrogens is 1. The van der Waals surface area contributed by atoms with Crippen molar-refractivity contribution in [1.82, 2.24) is 9.88 Å². The molecule has 0 bridgehead atoms. The number of hydrogen-bond donors (Lipinski definition) is 2. The summed E-state index contributed by atoms with van der Waals surface area (Å²) in [5, 5.41) is 2.61. The highest BCUT2D eigenvalue weighted by Gasteiger charge is 2.39. The standard InChI is InChI=1S/C15H21N3O3/c1-9-5-6-11(14(21)16-9)17-13(20)10-7-12(19)18(8-10)15(2,3)4/h5-6,10H,7-8H2,1-4H3,(H,16,21)(H,17,20). The Bertz CT molecular complexity index is 628. The van der Waals surface area contributed by atoms with Crippen LogP contribution in [0.15, 0.2) is 16.9 Å². The summed E-state index contributed by atoms with van der Waals surface area (Å²) in [6.45, 7) is 7.98. The number of likely N-dealkylation sites (tertiary alicyclic amines) is 1. The van der Waals surface area contributed by atoms with Crippen LogP contribution in [0.3, 0.4) is 0 Å². The molecule has 2 amide bonds. The molecule has 0 spiro atoms. The molecule has 1 aromatic heterocycles. The van der Waals surface area contributed by atoms with Crippen molar-refractivity contribution in [1.29, 1.82) is 0 Å². The summed E-state index contributed by atoms with van der Waals surface area (Å²) in [5.41, 5.74) is 0.313. The third-order valence-electron chi connectivity index (χ3n) is 3.62. The molecular weight excluding hydrogens is 270 g/mol. The third kappa shape index (κ3) is 3.32. The molecule has 21 heavy (non-hydrogen) atoms. The minimum absolute atomic E-state index is 0.0273. The largest absolute Gasteiger partial charge is 0.337 e. The van der Waals surface area contributed by atoms with Crippen molar-refractivity contribution in [2.45, 2.75) is 39.7 Å². The normalized spacial score (nSPS) is 19.0. The van der Waals surface area contributed by atoms with Gasteiger partial charge < -0.3 is 15.2 Å². The Morgan fingerprint density at radius 2 is 2.00 bits per heavy atom. The van der Waals surface area contributed by atoms with Crippen LogP contribution in [0.2, 0.25) is 0 Å². The Labute approximate surface area is 123 Å². The smallest absolute Gasteiger partial charge is 0.271 e. The van der Waals surface area contributed by atoms with Gasteiger partial charge >= 0.3 is 0 Å². The van der Waals surface area contributed by atoms with Crippen molar-refractivity contribution in [3.05, 3.63) is 28.2 Å². The lowest BCUT2D eigenvalue weighted by Gasteiger charge is -2.31. The molecule has 1 aliphatic rings. The number of nitrogens with zero attached hydrogens (tertiary/aromatic N) is 1. The summed E-state index contributed by atoms with van der Waals surface area (Å²) < 4.78 is 0. The Balaban J connectivity index is 2.09.